The molecule has 0 aliphatic carbocycles. The highest BCUT2D eigenvalue weighted by Crippen LogP contribution is 2.28. The lowest BCUT2D eigenvalue weighted by Crippen LogP contribution is -2.67. The van der Waals surface area contributed by atoms with Crippen LogP contribution in [0.25, 0.3) is 0 Å². The molecule has 0 amide bonds. The molecule has 4 heteroatoms. The van der Waals surface area contributed by atoms with E-state index in [0.717, 1.165) is 24.3 Å². The van der Waals surface area contributed by atoms with E-state index in [1.54, 1.807) is 0 Å². The second kappa shape index (κ2) is 4.04. The first-order chi connectivity index (χ1) is 8.22. The molecule has 0 radical (unpaired) electrons. The zero-order chi connectivity index (χ0) is 11.8. The number of para-hydroxylation sites is 1. The van der Waals surface area contributed by atoms with Gasteiger partial charge in [-0.05, 0) is 18.1 Å². The van der Waals surface area contributed by atoms with E-state index < -0.39 is 5.97 Å². The van der Waals surface area contributed by atoms with E-state index in [1.807, 2.05) is 24.3 Å². The molecular formula is C13H16N2O2. The van der Waals surface area contributed by atoms with Gasteiger partial charge in [-0.15, -0.1) is 0 Å². The fraction of sp³-hybridized carbons (Fsp3) is 0.462. The van der Waals surface area contributed by atoms with Crippen molar-refractivity contribution in [3.63, 3.8) is 0 Å². The Hall–Kier alpha value is -1.55. The molecule has 90 valence electrons. The van der Waals surface area contributed by atoms with Gasteiger partial charge in [0.25, 0.3) is 0 Å². The van der Waals surface area contributed by atoms with Crippen molar-refractivity contribution in [2.45, 2.75) is 24.9 Å². The summed E-state index contributed by atoms with van der Waals surface area (Å²) >= 11 is 0. The number of rotatable bonds is 3. The highest BCUT2D eigenvalue weighted by molar-refractivity contribution is 5.73. The number of carboxylic acid groups (broad SMARTS) is 1. The van der Waals surface area contributed by atoms with Gasteiger partial charge in [-0.1, -0.05) is 18.2 Å². The third-order valence-corrected chi connectivity index (χ3v) is 3.60. The number of nitrogens with zero attached hydrogens (tertiary/aromatic N) is 1. The lowest BCUT2D eigenvalue weighted by atomic mass is 9.90. The monoisotopic (exact) mass is 232 g/mol. The topological polar surface area (TPSA) is 52.6 Å². The number of hydrogen-bond donors (Lipinski definition) is 2. The second-order valence-corrected chi connectivity index (χ2v) is 4.90. The lowest BCUT2D eigenvalue weighted by molar-refractivity contribution is -0.136. The summed E-state index contributed by atoms with van der Waals surface area (Å²) in [6.07, 6.45) is 1.37. The number of carbonyl (C=O) groups is 1. The van der Waals surface area contributed by atoms with E-state index in [9.17, 15) is 4.79 Å². The van der Waals surface area contributed by atoms with Gasteiger partial charge in [-0.3, -0.25) is 4.79 Å². The maximum Gasteiger partial charge on any atom is 0.307 e. The van der Waals surface area contributed by atoms with Crippen molar-refractivity contribution in [1.82, 2.24) is 5.32 Å². The van der Waals surface area contributed by atoms with Crippen LogP contribution in [0.1, 0.15) is 12.0 Å². The molecule has 2 N–H and O–H groups in total. The molecule has 0 saturated carbocycles. The van der Waals surface area contributed by atoms with Crippen LogP contribution in [-0.4, -0.2) is 36.2 Å². The minimum atomic E-state index is -0.766. The smallest absolute Gasteiger partial charge is 0.307 e. The number of hydrogen-bond acceptors (Lipinski definition) is 3. The van der Waals surface area contributed by atoms with Gasteiger partial charge >= 0.3 is 5.97 Å². The van der Waals surface area contributed by atoms with Gasteiger partial charge in [0.05, 0.1) is 6.42 Å². The number of fused-ring (bicyclic) bond motifs is 2. The van der Waals surface area contributed by atoms with Crippen LogP contribution < -0.4 is 10.2 Å². The van der Waals surface area contributed by atoms with Crippen molar-refractivity contribution in [3.8, 4) is 0 Å². The molecule has 1 aromatic carbocycles. The molecular weight excluding hydrogens is 216 g/mol. The first-order valence-corrected chi connectivity index (χ1v) is 6.03. The highest BCUT2D eigenvalue weighted by Gasteiger charge is 2.36. The number of benzene rings is 1. The van der Waals surface area contributed by atoms with Gasteiger partial charge in [-0.25, -0.2) is 0 Å². The highest BCUT2D eigenvalue weighted by atomic mass is 16.4. The number of anilines is 1. The zero-order valence-corrected chi connectivity index (χ0v) is 9.60. The molecule has 1 aromatic rings. The van der Waals surface area contributed by atoms with Crippen LogP contribution >= 0.6 is 0 Å². The van der Waals surface area contributed by atoms with Gasteiger partial charge in [0.15, 0.2) is 0 Å². The Labute approximate surface area is 100 Å². The summed E-state index contributed by atoms with van der Waals surface area (Å²) in [5, 5.41) is 12.4. The molecule has 0 spiro atoms. The van der Waals surface area contributed by atoms with Crippen LogP contribution in [0.2, 0.25) is 0 Å². The number of piperazine rings is 1. The standard InChI is InChI=1S/C13H16N2O2/c16-13(17)5-9-3-1-2-4-12(9)15-7-10-6-11(8-15)14-10/h1-4,10-11,14H,5-8H2,(H,16,17). The first kappa shape index (κ1) is 10.6. The molecule has 17 heavy (non-hydrogen) atoms. The summed E-state index contributed by atoms with van der Waals surface area (Å²) in [4.78, 5) is 13.2. The number of piperidine rings is 1. The van der Waals surface area contributed by atoms with Crippen molar-refractivity contribution in [2.75, 3.05) is 18.0 Å². The third kappa shape index (κ3) is 2.00. The van der Waals surface area contributed by atoms with Crippen LogP contribution in [0.4, 0.5) is 5.69 Å². The summed E-state index contributed by atoms with van der Waals surface area (Å²) in [5.41, 5.74) is 2.01. The number of carboxylic acids is 1. The molecule has 4 nitrogen and oxygen atoms in total. The molecule has 3 saturated heterocycles. The number of nitrogens with one attached hydrogen (secondary N) is 1. The van der Waals surface area contributed by atoms with E-state index in [1.165, 1.54) is 6.42 Å². The molecule has 3 aliphatic rings. The van der Waals surface area contributed by atoms with E-state index >= 15 is 0 Å². The van der Waals surface area contributed by atoms with Crippen molar-refractivity contribution in [1.29, 1.82) is 0 Å². The molecule has 2 atom stereocenters. The minimum absolute atomic E-state index is 0.107. The Balaban J connectivity index is 1.83. The SMILES string of the molecule is O=C(O)Cc1ccccc1N1CC2CC(C1)N2. The average Bonchev–Trinajstić information content (AvgIpc) is 2.28. The number of aliphatic carboxylic acids is 1. The largest absolute Gasteiger partial charge is 0.481 e. The molecule has 0 aromatic heterocycles. The Morgan fingerprint density at radius 1 is 1.35 bits per heavy atom. The van der Waals surface area contributed by atoms with Crippen molar-refractivity contribution < 1.29 is 9.90 Å². The van der Waals surface area contributed by atoms with Gasteiger partial charge < -0.3 is 15.3 Å². The van der Waals surface area contributed by atoms with Gasteiger partial charge in [0.1, 0.15) is 0 Å². The van der Waals surface area contributed by atoms with Crippen LogP contribution in [0, 0.1) is 0 Å². The maximum absolute atomic E-state index is 10.8. The van der Waals surface area contributed by atoms with Crippen LogP contribution in [-0.2, 0) is 11.2 Å². The summed E-state index contributed by atoms with van der Waals surface area (Å²) < 4.78 is 0. The molecule has 2 unspecified atom stereocenters. The van der Waals surface area contributed by atoms with Gasteiger partial charge in [0.2, 0.25) is 0 Å². The van der Waals surface area contributed by atoms with Crippen LogP contribution in [0.5, 0.6) is 0 Å². The first-order valence-electron chi connectivity index (χ1n) is 6.03. The quantitative estimate of drug-likeness (QED) is 0.811. The van der Waals surface area contributed by atoms with Crippen molar-refractivity contribution >= 4 is 11.7 Å². The van der Waals surface area contributed by atoms with Crippen LogP contribution in [0.3, 0.4) is 0 Å². The van der Waals surface area contributed by atoms with Gasteiger partial charge in [-0.2, -0.15) is 0 Å². The fourth-order valence-electron chi connectivity index (χ4n) is 2.84. The van der Waals surface area contributed by atoms with Crippen molar-refractivity contribution in [2.24, 2.45) is 0 Å². The predicted molar refractivity (Wildman–Crippen MR) is 65.3 cm³/mol. The Morgan fingerprint density at radius 3 is 2.65 bits per heavy atom. The Kier molecular flexibility index (Phi) is 2.52. The molecule has 2 bridgehead atoms. The minimum Gasteiger partial charge on any atom is -0.481 e. The maximum atomic E-state index is 10.8. The normalized spacial score (nSPS) is 26.5. The van der Waals surface area contributed by atoms with E-state index in [2.05, 4.69) is 10.2 Å². The Morgan fingerprint density at radius 2 is 2.00 bits per heavy atom. The molecule has 3 heterocycles. The molecule has 3 fully saturated rings. The second-order valence-electron chi connectivity index (χ2n) is 4.90. The van der Waals surface area contributed by atoms with E-state index in [0.29, 0.717) is 12.1 Å². The van der Waals surface area contributed by atoms with Crippen molar-refractivity contribution in [3.05, 3.63) is 29.8 Å². The third-order valence-electron chi connectivity index (χ3n) is 3.60. The van der Waals surface area contributed by atoms with Crippen LogP contribution in [0.15, 0.2) is 24.3 Å². The zero-order valence-electron chi connectivity index (χ0n) is 9.60. The molecule has 3 aliphatic heterocycles. The molecule has 4 rings (SSSR count). The average molecular weight is 232 g/mol. The fourth-order valence-corrected chi connectivity index (χ4v) is 2.84. The predicted octanol–water partition coefficient (Wildman–Crippen LogP) is 0.864. The van der Waals surface area contributed by atoms with E-state index in [4.69, 9.17) is 5.11 Å². The Bertz CT molecular complexity index is 431. The van der Waals surface area contributed by atoms with Gasteiger partial charge in [0, 0.05) is 30.9 Å². The van der Waals surface area contributed by atoms with E-state index in [-0.39, 0.29) is 6.42 Å². The summed E-state index contributed by atoms with van der Waals surface area (Å²) in [5.74, 6) is -0.766. The summed E-state index contributed by atoms with van der Waals surface area (Å²) in [6, 6.07) is 9.01. The lowest BCUT2D eigenvalue weighted by Gasteiger charge is -2.49. The summed E-state index contributed by atoms with van der Waals surface area (Å²) in [7, 11) is 0. The summed E-state index contributed by atoms with van der Waals surface area (Å²) in [6.45, 7) is 1.99.